The number of aryl methyl sites for hydroxylation is 1. The van der Waals surface area contributed by atoms with E-state index in [-0.39, 0.29) is 10.1 Å². The van der Waals surface area contributed by atoms with E-state index < -0.39 is 16.6 Å². The van der Waals surface area contributed by atoms with Gasteiger partial charge >= 0.3 is 0 Å². The number of rotatable bonds is 10. The van der Waals surface area contributed by atoms with Gasteiger partial charge in [-0.2, -0.15) is 0 Å². The highest BCUT2D eigenvalue weighted by atomic mass is 79.9. The third kappa shape index (κ3) is 7.37. The topological polar surface area (TPSA) is 18.5 Å². The lowest BCUT2D eigenvalue weighted by Crippen LogP contribution is -2.49. The molecule has 0 atom stereocenters. The summed E-state index contributed by atoms with van der Waals surface area (Å²) >= 11 is 3.70. The van der Waals surface area contributed by atoms with E-state index in [4.69, 9.17) is 8.85 Å². The Labute approximate surface area is 280 Å². The minimum absolute atomic E-state index is 0.185. The molecule has 0 saturated heterocycles. The Hall–Kier alpha value is -1.15. The van der Waals surface area contributed by atoms with Crippen molar-refractivity contribution in [3.05, 3.63) is 69.7 Å². The first-order chi connectivity index (χ1) is 20.4. The fourth-order valence-corrected chi connectivity index (χ4v) is 10.3. The van der Waals surface area contributed by atoms with E-state index in [0.717, 1.165) is 35.1 Å². The van der Waals surface area contributed by atoms with Gasteiger partial charge in [0.05, 0.1) is 6.61 Å². The van der Waals surface area contributed by atoms with E-state index in [1.54, 1.807) is 5.56 Å². The van der Waals surface area contributed by atoms with Crippen LogP contribution in [-0.2, 0) is 16.3 Å². The van der Waals surface area contributed by atoms with Crippen LogP contribution in [0, 0.1) is 17.8 Å². The normalized spacial score (nSPS) is 25.9. The summed E-state index contributed by atoms with van der Waals surface area (Å²) in [6, 6.07) is 16.0. The molecule has 4 aliphatic rings. The molecule has 0 unspecified atom stereocenters. The molecule has 4 aliphatic carbocycles. The van der Waals surface area contributed by atoms with Crippen LogP contribution in [0.15, 0.2) is 53.0 Å². The summed E-state index contributed by atoms with van der Waals surface area (Å²) in [4.78, 5) is 0. The van der Waals surface area contributed by atoms with Crippen molar-refractivity contribution in [1.82, 2.24) is 0 Å². The molecular weight excluding hydrogens is 637 g/mol. The van der Waals surface area contributed by atoms with Gasteiger partial charge in [0.1, 0.15) is 5.75 Å². The molecule has 2 aromatic rings. The van der Waals surface area contributed by atoms with Gasteiger partial charge in [-0.25, -0.2) is 0 Å². The van der Waals surface area contributed by atoms with Crippen molar-refractivity contribution in [2.75, 3.05) is 6.61 Å². The molecule has 4 fully saturated rings. The molecule has 44 heavy (non-hydrogen) atoms. The number of halogens is 1. The van der Waals surface area contributed by atoms with E-state index in [1.165, 1.54) is 61.0 Å². The van der Waals surface area contributed by atoms with E-state index >= 15 is 0 Å². The SMILES string of the molecule is CC(C)(C)[Si](C)(C)OC/C(=C\CCc1ccc(O[Si](C)(C)C(C)(C)C)c(C23CC4CC(CC(C4)C2)C3)c1)c1cccc(Br)c1. The molecule has 0 spiro atoms. The first kappa shape index (κ1) is 34.2. The van der Waals surface area contributed by atoms with Gasteiger partial charge in [-0.3, -0.25) is 0 Å². The van der Waals surface area contributed by atoms with Gasteiger partial charge in [0.15, 0.2) is 8.32 Å². The van der Waals surface area contributed by atoms with Crippen molar-refractivity contribution in [2.45, 2.75) is 135 Å². The second kappa shape index (κ2) is 12.5. The summed E-state index contributed by atoms with van der Waals surface area (Å²) in [6.45, 7) is 24.2. The molecular formula is C39H59BrO2Si2. The first-order valence-corrected chi connectivity index (χ1v) is 23.9. The molecule has 6 rings (SSSR count). The van der Waals surface area contributed by atoms with Crippen LogP contribution in [0.3, 0.4) is 0 Å². The summed E-state index contributed by atoms with van der Waals surface area (Å²) in [5, 5.41) is 0.377. The van der Waals surface area contributed by atoms with Crippen molar-refractivity contribution in [3.63, 3.8) is 0 Å². The van der Waals surface area contributed by atoms with Gasteiger partial charge in [-0.1, -0.05) is 87.8 Å². The third-order valence-electron chi connectivity index (χ3n) is 12.2. The molecule has 0 heterocycles. The standard InChI is InChI=1S/C39H59BrO2Si2/c1-37(2,3)43(7,8)41-27-33(32-14-12-16-34(40)23-32)15-11-13-28-17-18-36(42-44(9,10)38(4,5)6)35(22-28)39-24-29-19-30(25-39)21-31(20-29)26-39/h12,14-18,22-23,29-31H,11,13,19-21,24-27H2,1-10H3/b33-15+. The highest BCUT2D eigenvalue weighted by molar-refractivity contribution is 9.10. The highest BCUT2D eigenvalue weighted by Gasteiger charge is 2.53. The number of benzene rings is 2. The maximum atomic E-state index is 7.15. The predicted molar refractivity (Wildman–Crippen MR) is 198 cm³/mol. The molecule has 0 radical (unpaired) electrons. The highest BCUT2D eigenvalue weighted by Crippen LogP contribution is 2.62. The van der Waals surface area contributed by atoms with Crippen LogP contribution in [0.4, 0.5) is 0 Å². The molecule has 5 heteroatoms. The number of hydrogen-bond donors (Lipinski definition) is 0. The zero-order chi connectivity index (χ0) is 32.1. The second-order valence-corrected chi connectivity index (χ2v) is 28.2. The van der Waals surface area contributed by atoms with Crippen molar-refractivity contribution >= 4 is 38.1 Å². The number of allylic oxidation sites excluding steroid dienone is 1. The smallest absolute Gasteiger partial charge is 0.250 e. The quantitative estimate of drug-likeness (QED) is 0.230. The fraction of sp³-hybridized carbons (Fsp3) is 0.641. The minimum Gasteiger partial charge on any atom is -0.543 e. The summed E-state index contributed by atoms with van der Waals surface area (Å²) in [6.07, 6.45) is 13.0. The Bertz CT molecular complexity index is 1330. The first-order valence-electron chi connectivity index (χ1n) is 17.3. The van der Waals surface area contributed by atoms with Gasteiger partial charge in [0.2, 0.25) is 8.32 Å². The van der Waals surface area contributed by atoms with E-state index in [2.05, 4.69) is 132 Å². The average molecular weight is 696 g/mol. The number of hydrogen-bond acceptors (Lipinski definition) is 2. The summed E-state index contributed by atoms with van der Waals surface area (Å²) in [5.74, 6) is 3.96. The molecule has 4 saturated carbocycles. The van der Waals surface area contributed by atoms with E-state index in [0.29, 0.717) is 12.0 Å². The lowest BCUT2D eigenvalue weighted by Gasteiger charge is -2.57. The monoisotopic (exact) mass is 694 g/mol. The van der Waals surface area contributed by atoms with Crippen LogP contribution < -0.4 is 4.43 Å². The van der Waals surface area contributed by atoms with E-state index in [1.807, 2.05) is 0 Å². The van der Waals surface area contributed by atoms with Gasteiger partial charge in [0, 0.05) is 4.47 Å². The van der Waals surface area contributed by atoms with Crippen molar-refractivity contribution in [3.8, 4) is 5.75 Å². The zero-order valence-corrected chi connectivity index (χ0v) is 33.0. The van der Waals surface area contributed by atoms with Crippen LogP contribution in [-0.4, -0.2) is 23.2 Å². The molecule has 0 aliphatic heterocycles. The average Bonchev–Trinajstić information content (AvgIpc) is 2.89. The van der Waals surface area contributed by atoms with Gasteiger partial charge in [0.25, 0.3) is 0 Å². The van der Waals surface area contributed by atoms with Crippen molar-refractivity contribution in [2.24, 2.45) is 17.8 Å². The predicted octanol–water partition coefficient (Wildman–Crippen LogP) is 12.3. The lowest BCUT2D eigenvalue weighted by atomic mass is 9.48. The van der Waals surface area contributed by atoms with Crippen molar-refractivity contribution in [1.29, 1.82) is 0 Å². The third-order valence-corrected chi connectivity index (χ3v) is 21.6. The van der Waals surface area contributed by atoms with Crippen LogP contribution in [0.25, 0.3) is 5.57 Å². The fourth-order valence-electron chi connectivity index (χ4n) is 7.94. The van der Waals surface area contributed by atoms with Gasteiger partial charge in [-0.05, 0) is 151 Å². The maximum absolute atomic E-state index is 7.15. The molecule has 4 bridgehead atoms. The van der Waals surface area contributed by atoms with Gasteiger partial charge < -0.3 is 8.85 Å². The Morgan fingerprint density at radius 3 is 1.98 bits per heavy atom. The Kier molecular flexibility index (Phi) is 9.69. The largest absolute Gasteiger partial charge is 0.543 e. The molecule has 0 amide bonds. The Morgan fingerprint density at radius 2 is 1.43 bits per heavy atom. The van der Waals surface area contributed by atoms with Crippen LogP contribution in [0.5, 0.6) is 5.75 Å². The van der Waals surface area contributed by atoms with E-state index in [9.17, 15) is 0 Å². The van der Waals surface area contributed by atoms with Crippen LogP contribution in [0.1, 0.15) is 103 Å². The summed E-state index contributed by atoms with van der Waals surface area (Å²) in [7, 11) is -3.82. The lowest BCUT2D eigenvalue weighted by molar-refractivity contribution is -0.00589. The molecule has 2 nitrogen and oxygen atoms in total. The van der Waals surface area contributed by atoms with Crippen LogP contribution >= 0.6 is 15.9 Å². The maximum Gasteiger partial charge on any atom is 0.250 e. The molecule has 0 aromatic heterocycles. The Morgan fingerprint density at radius 1 is 0.841 bits per heavy atom. The molecule has 2 aromatic carbocycles. The minimum atomic E-state index is -1.95. The second-order valence-electron chi connectivity index (χ2n) is 17.7. The molecule has 0 N–H and O–H groups in total. The van der Waals surface area contributed by atoms with Gasteiger partial charge in [-0.15, -0.1) is 0 Å². The summed E-state index contributed by atoms with van der Waals surface area (Å²) in [5.41, 5.74) is 5.88. The van der Waals surface area contributed by atoms with Crippen molar-refractivity contribution < 1.29 is 8.85 Å². The molecule has 242 valence electrons. The Balaban J connectivity index is 1.43. The summed E-state index contributed by atoms with van der Waals surface area (Å²) < 4.78 is 15.0. The van der Waals surface area contributed by atoms with Crippen LogP contribution in [0.2, 0.25) is 36.3 Å². The zero-order valence-electron chi connectivity index (χ0n) is 29.4.